The zero-order valence-electron chi connectivity index (χ0n) is 22.0. The molecule has 2 aromatic carbocycles. The topological polar surface area (TPSA) is 60.8 Å². The predicted octanol–water partition coefficient (Wildman–Crippen LogP) is 6.94. The number of carbonyl (C=O) groups is 2. The van der Waals surface area contributed by atoms with Gasteiger partial charge in [0.25, 0.3) is 5.91 Å². The average molecular weight is 585 g/mol. The predicted molar refractivity (Wildman–Crippen MR) is 143 cm³/mol. The largest absolute Gasteiger partial charge is 0.573 e. The molecule has 0 N–H and O–H groups in total. The van der Waals surface area contributed by atoms with Crippen molar-refractivity contribution >= 4 is 46.0 Å². The number of ether oxygens (including phenoxy) is 2. The molecule has 11 heteroatoms. The van der Waals surface area contributed by atoms with Gasteiger partial charge in [-0.1, -0.05) is 30.1 Å². The first-order valence-electron chi connectivity index (χ1n) is 12.6. The van der Waals surface area contributed by atoms with Crippen LogP contribution < -0.4 is 4.74 Å². The third-order valence-electron chi connectivity index (χ3n) is 7.23. The highest BCUT2D eigenvalue weighted by Gasteiger charge is 2.35. The van der Waals surface area contributed by atoms with E-state index >= 15 is 0 Å². The van der Waals surface area contributed by atoms with E-state index in [-0.39, 0.29) is 40.9 Å². The van der Waals surface area contributed by atoms with Crippen molar-refractivity contribution in [2.75, 3.05) is 19.7 Å². The lowest BCUT2D eigenvalue weighted by atomic mass is 9.86. The smallest absolute Gasteiger partial charge is 0.466 e. The monoisotopic (exact) mass is 584 g/mol. The highest BCUT2D eigenvalue weighted by atomic mass is 35.5. The molecule has 1 aromatic heterocycles. The summed E-state index contributed by atoms with van der Waals surface area (Å²) in [6.45, 7) is 6.49. The second kappa shape index (κ2) is 11.3. The molecule has 0 aliphatic carbocycles. The maximum Gasteiger partial charge on any atom is 0.573 e. The number of carbonyl (C=O) groups excluding carboxylic acids is 2. The second-order valence-corrected chi connectivity index (χ2v) is 10.6. The van der Waals surface area contributed by atoms with Crippen LogP contribution in [0.4, 0.5) is 13.2 Å². The van der Waals surface area contributed by atoms with Crippen molar-refractivity contribution in [3.05, 3.63) is 62.8 Å². The molecule has 0 radical (unpaired) electrons. The van der Waals surface area contributed by atoms with Gasteiger partial charge in [-0.15, -0.1) is 13.2 Å². The van der Waals surface area contributed by atoms with E-state index < -0.39 is 6.36 Å². The Morgan fingerprint density at radius 1 is 1.15 bits per heavy atom. The molecule has 0 spiro atoms. The molecule has 6 nitrogen and oxygen atoms in total. The maximum atomic E-state index is 13.5. The molecule has 4 rings (SSSR count). The Bertz CT molecular complexity index is 1420. The number of aryl methyl sites for hydroxylation is 2. The fourth-order valence-electron chi connectivity index (χ4n) is 5.20. The molecule has 210 valence electrons. The van der Waals surface area contributed by atoms with Gasteiger partial charge in [0, 0.05) is 48.7 Å². The minimum absolute atomic E-state index is 0.0717. The lowest BCUT2D eigenvalue weighted by molar-refractivity contribution is -0.274. The summed E-state index contributed by atoms with van der Waals surface area (Å²) in [4.78, 5) is 27.4. The van der Waals surface area contributed by atoms with Crippen molar-refractivity contribution in [2.45, 2.75) is 40.0 Å². The molecular weight excluding hydrogens is 556 g/mol. The van der Waals surface area contributed by atoms with Crippen LogP contribution in [0.15, 0.2) is 30.3 Å². The number of benzene rings is 2. The zero-order valence-corrected chi connectivity index (χ0v) is 23.5. The Morgan fingerprint density at radius 3 is 2.51 bits per heavy atom. The van der Waals surface area contributed by atoms with Crippen molar-refractivity contribution in [1.82, 2.24) is 9.47 Å². The van der Waals surface area contributed by atoms with Gasteiger partial charge in [0.1, 0.15) is 5.75 Å². The molecular formula is C28H29Cl2F3N2O4. The van der Waals surface area contributed by atoms with Crippen LogP contribution in [0, 0.1) is 18.8 Å². The van der Waals surface area contributed by atoms with Crippen LogP contribution in [-0.2, 0) is 23.0 Å². The number of nitrogens with zero attached hydrogens (tertiary/aromatic N) is 2. The summed E-state index contributed by atoms with van der Waals surface area (Å²) in [5, 5.41) is 1.35. The fourth-order valence-corrected chi connectivity index (χ4v) is 5.78. The van der Waals surface area contributed by atoms with Crippen LogP contribution in [0.1, 0.15) is 47.4 Å². The summed E-state index contributed by atoms with van der Waals surface area (Å²) in [6, 6.07) is 7.75. The van der Waals surface area contributed by atoms with Gasteiger partial charge in [-0.25, -0.2) is 0 Å². The average Bonchev–Trinajstić information content (AvgIpc) is 3.16. The number of aromatic nitrogens is 1. The van der Waals surface area contributed by atoms with Gasteiger partial charge in [-0.2, -0.15) is 0 Å². The summed E-state index contributed by atoms with van der Waals surface area (Å²) in [5.41, 5.74) is 2.76. The van der Waals surface area contributed by atoms with Crippen molar-refractivity contribution in [3.63, 3.8) is 0 Å². The first-order chi connectivity index (χ1) is 18.3. The Morgan fingerprint density at radius 2 is 1.87 bits per heavy atom. The Hall–Kier alpha value is -2.91. The summed E-state index contributed by atoms with van der Waals surface area (Å²) < 4.78 is 49.4. The summed E-state index contributed by atoms with van der Waals surface area (Å²) in [6.07, 6.45) is -4.05. The molecule has 1 aliphatic heterocycles. The highest BCUT2D eigenvalue weighted by Crippen LogP contribution is 2.36. The standard InChI is InChI=1S/C28H29Cl2F3N2O4/c1-5-38-27(37)19-8-9-35(14-16(19)3)26(36)20-6-7-23(29)22(25(20)30)12-17-11-21-15(2)10-18(39-28(31,32)33)13-24(21)34(17)4/h6-7,10-11,13,16,19H,5,8-9,12,14H2,1-4H3. The minimum atomic E-state index is -4.80. The molecule has 2 atom stereocenters. The first-order valence-corrected chi connectivity index (χ1v) is 13.3. The normalized spacial score (nSPS) is 17.9. The van der Waals surface area contributed by atoms with Gasteiger partial charge in [0.05, 0.1) is 28.6 Å². The van der Waals surface area contributed by atoms with E-state index in [2.05, 4.69) is 4.74 Å². The van der Waals surface area contributed by atoms with E-state index in [1.54, 1.807) is 42.5 Å². The first kappa shape index (κ1) is 29.1. The van der Waals surface area contributed by atoms with Gasteiger partial charge in [-0.3, -0.25) is 9.59 Å². The lowest BCUT2D eigenvalue weighted by Gasteiger charge is -2.36. The number of rotatable bonds is 6. The summed E-state index contributed by atoms with van der Waals surface area (Å²) in [7, 11) is 1.74. The van der Waals surface area contributed by atoms with Gasteiger partial charge in [-0.05, 0) is 61.6 Å². The molecule has 3 aromatic rings. The van der Waals surface area contributed by atoms with Crippen LogP contribution in [0.5, 0.6) is 5.75 Å². The number of hydrogen-bond acceptors (Lipinski definition) is 4. The third kappa shape index (κ3) is 6.14. The molecule has 0 saturated carbocycles. The minimum Gasteiger partial charge on any atom is -0.466 e. The van der Waals surface area contributed by atoms with Crippen LogP contribution in [0.3, 0.4) is 0 Å². The molecule has 1 amide bonds. The Kier molecular flexibility index (Phi) is 8.42. The van der Waals surface area contributed by atoms with Gasteiger partial charge >= 0.3 is 12.3 Å². The number of halogens is 5. The molecule has 1 aliphatic rings. The molecule has 0 bridgehead atoms. The maximum absolute atomic E-state index is 13.5. The van der Waals surface area contributed by atoms with Crippen molar-refractivity contribution in [3.8, 4) is 5.75 Å². The van der Waals surface area contributed by atoms with Crippen LogP contribution >= 0.6 is 23.2 Å². The number of amides is 1. The summed E-state index contributed by atoms with van der Waals surface area (Å²) >= 11 is 13.3. The van der Waals surface area contributed by atoms with E-state index in [1.165, 1.54) is 12.1 Å². The Labute approximate surface area is 234 Å². The van der Waals surface area contributed by atoms with E-state index in [0.717, 1.165) is 11.1 Å². The highest BCUT2D eigenvalue weighted by molar-refractivity contribution is 6.38. The number of hydrogen-bond donors (Lipinski definition) is 0. The van der Waals surface area contributed by atoms with Crippen molar-refractivity contribution < 1.29 is 32.2 Å². The summed E-state index contributed by atoms with van der Waals surface area (Å²) in [5.74, 6) is -1.13. The van der Waals surface area contributed by atoms with E-state index in [1.807, 2.05) is 13.0 Å². The van der Waals surface area contributed by atoms with Crippen LogP contribution in [-0.4, -0.2) is 47.4 Å². The SMILES string of the molecule is CCOC(=O)C1CCN(C(=O)c2ccc(Cl)c(Cc3cc4c(C)cc(OC(F)(F)F)cc4n3C)c2Cl)CC1C. The van der Waals surface area contributed by atoms with Gasteiger partial charge in [0.15, 0.2) is 0 Å². The van der Waals surface area contributed by atoms with E-state index in [4.69, 9.17) is 27.9 Å². The van der Waals surface area contributed by atoms with E-state index in [9.17, 15) is 22.8 Å². The number of piperidine rings is 1. The van der Waals surface area contributed by atoms with Crippen LogP contribution in [0.25, 0.3) is 10.9 Å². The van der Waals surface area contributed by atoms with Crippen molar-refractivity contribution in [1.29, 1.82) is 0 Å². The molecule has 2 unspecified atom stereocenters. The van der Waals surface area contributed by atoms with Gasteiger partial charge < -0.3 is 18.9 Å². The van der Waals surface area contributed by atoms with Crippen molar-refractivity contribution in [2.24, 2.45) is 18.9 Å². The number of esters is 1. The third-order valence-corrected chi connectivity index (χ3v) is 8.02. The zero-order chi connectivity index (χ0) is 28.6. The number of fused-ring (bicyclic) bond motifs is 1. The fraction of sp³-hybridized carbons (Fsp3) is 0.429. The molecule has 39 heavy (non-hydrogen) atoms. The molecule has 1 fully saturated rings. The molecule has 2 heterocycles. The van der Waals surface area contributed by atoms with E-state index in [0.29, 0.717) is 53.3 Å². The quantitative estimate of drug-likeness (QED) is 0.294. The Balaban J connectivity index is 1.60. The second-order valence-electron chi connectivity index (χ2n) is 9.86. The number of likely N-dealkylation sites (tertiary alicyclic amines) is 1. The van der Waals surface area contributed by atoms with Crippen LogP contribution in [0.2, 0.25) is 10.0 Å². The molecule has 1 saturated heterocycles. The number of alkyl halides is 3. The lowest BCUT2D eigenvalue weighted by Crippen LogP contribution is -2.45. The van der Waals surface area contributed by atoms with Gasteiger partial charge in [0.2, 0.25) is 0 Å².